The molecule has 1 aromatic heterocycles. The molecular weight excluding hydrogens is 342 g/mol. The average molecular weight is 367 g/mol. The number of carbonyl (C=O) groups is 2. The van der Waals surface area contributed by atoms with E-state index in [4.69, 9.17) is 0 Å². The summed E-state index contributed by atoms with van der Waals surface area (Å²) in [6.45, 7) is 12.3. The van der Waals surface area contributed by atoms with Crippen molar-refractivity contribution in [3.05, 3.63) is 48.3 Å². The molecule has 0 aliphatic carbocycles. The van der Waals surface area contributed by atoms with Crippen molar-refractivity contribution in [2.45, 2.75) is 46.2 Å². The van der Waals surface area contributed by atoms with Gasteiger partial charge in [-0.2, -0.15) is 0 Å². The van der Waals surface area contributed by atoms with Crippen molar-refractivity contribution < 1.29 is 9.59 Å². The van der Waals surface area contributed by atoms with Crippen LogP contribution in [0.5, 0.6) is 0 Å². The summed E-state index contributed by atoms with van der Waals surface area (Å²) in [5, 5.41) is 8.37. The lowest BCUT2D eigenvalue weighted by molar-refractivity contribution is -0.116. The van der Waals surface area contributed by atoms with Gasteiger partial charge in [-0.3, -0.25) is 9.59 Å². The Labute approximate surface area is 159 Å². The van der Waals surface area contributed by atoms with Crippen LogP contribution in [-0.2, 0) is 28.1 Å². The fraction of sp³-hybridized carbons (Fsp3) is 0.400. The van der Waals surface area contributed by atoms with Crippen LogP contribution in [0, 0.1) is 0 Å². The maximum absolute atomic E-state index is 12.5. The summed E-state index contributed by atoms with van der Waals surface area (Å²) in [6, 6.07) is 5.72. The van der Waals surface area contributed by atoms with Crippen LogP contribution in [-0.4, -0.2) is 33.4 Å². The van der Waals surface area contributed by atoms with Gasteiger partial charge in [0.25, 0.3) is 5.91 Å². The molecule has 7 nitrogen and oxygen atoms in total. The zero-order valence-corrected chi connectivity index (χ0v) is 16.3. The summed E-state index contributed by atoms with van der Waals surface area (Å²) >= 11 is 0. The van der Waals surface area contributed by atoms with Gasteiger partial charge >= 0.3 is 0 Å². The molecular formula is C20H25N5O2. The number of carbonyl (C=O) groups excluding carboxylic acids is 2. The molecule has 0 fully saturated rings. The van der Waals surface area contributed by atoms with Gasteiger partial charge in [-0.1, -0.05) is 11.8 Å². The van der Waals surface area contributed by atoms with Crippen molar-refractivity contribution in [1.29, 1.82) is 0 Å². The first-order valence-electron chi connectivity index (χ1n) is 8.97. The molecule has 142 valence electrons. The normalized spacial score (nSPS) is 13.4. The third-order valence-corrected chi connectivity index (χ3v) is 4.64. The van der Waals surface area contributed by atoms with Crippen LogP contribution in [0.4, 0.5) is 11.4 Å². The number of aromatic nitrogens is 3. The van der Waals surface area contributed by atoms with E-state index in [1.807, 2.05) is 45.2 Å². The number of nitrogens with zero attached hydrogens (tertiary/aromatic N) is 5. The Kier molecular flexibility index (Phi) is 4.87. The van der Waals surface area contributed by atoms with Gasteiger partial charge in [0.2, 0.25) is 5.91 Å². The Balaban J connectivity index is 1.90. The molecule has 2 heterocycles. The predicted octanol–water partition coefficient (Wildman–Crippen LogP) is 2.66. The van der Waals surface area contributed by atoms with E-state index >= 15 is 0 Å². The molecule has 0 radical (unpaired) electrons. The molecule has 1 aliphatic rings. The molecule has 7 heteroatoms. The van der Waals surface area contributed by atoms with Crippen LogP contribution in [0.3, 0.4) is 0 Å². The molecule has 0 N–H and O–H groups in total. The lowest BCUT2D eigenvalue weighted by atomic mass is 10.1. The number of amides is 2. The van der Waals surface area contributed by atoms with E-state index in [2.05, 4.69) is 16.9 Å². The van der Waals surface area contributed by atoms with Gasteiger partial charge in [-0.05, 0) is 57.0 Å². The molecule has 0 bridgehead atoms. The van der Waals surface area contributed by atoms with E-state index in [1.54, 1.807) is 21.4 Å². The van der Waals surface area contributed by atoms with Crippen molar-refractivity contribution in [2.24, 2.45) is 0 Å². The van der Waals surface area contributed by atoms with E-state index in [1.165, 1.54) is 6.08 Å². The molecule has 0 saturated heterocycles. The summed E-state index contributed by atoms with van der Waals surface area (Å²) in [4.78, 5) is 27.6. The number of fused-ring (bicyclic) bond motifs is 1. The third-order valence-electron chi connectivity index (χ3n) is 4.64. The molecule has 0 atom stereocenters. The van der Waals surface area contributed by atoms with Gasteiger partial charge in [0.05, 0.1) is 18.3 Å². The SMILES string of the molecule is C=CC(=O)N(Cc1cn(C(C)(C)C)nn1)c1ccc2c(c1)CCN2C(C)=O. The lowest BCUT2D eigenvalue weighted by Crippen LogP contribution is -2.29. The second-order valence-electron chi connectivity index (χ2n) is 7.69. The van der Waals surface area contributed by atoms with Gasteiger partial charge in [0.1, 0.15) is 5.69 Å². The first kappa shape index (κ1) is 18.8. The van der Waals surface area contributed by atoms with Crippen molar-refractivity contribution in [3.63, 3.8) is 0 Å². The first-order valence-corrected chi connectivity index (χ1v) is 8.97. The van der Waals surface area contributed by atoms with E-state index in [0.717, 1.165) is 23.4 Å². The largest absolute Gasteiger partial charge is 0.312 e. The van der Waals surface area contributed by atoms with Crippen molar-refractivity contribution in [3.8, 4) is 0 Å². The predicted molar refractivity (Wildman–Crippen MR) is 105 cm³/mol. The number of anilines is 2. The van der Waals surface area contributed by atoms with Crippen LogP contribution in [0.15, 0.2) is 37.1 Å². The molecule has 0 unspecified atom stereocenters. The molecule has 2 amide bonds. The van der Waals surface area contributed by atoms with Gasteiger partial charge in [0.15, 0.2) is 0 Å². The van der Waals surface area contributed by atoms with E-state index in [9.17, 15) is 9.59 Å². The summed E-state index contributed by atoms with van der Waals surface area (Å²) in [6.07, 6.45) is 3.93. The highest BCUT2D eigenvalue weighted by Crippen LogP contribution is 2.32. The van der Waals surface area contributed by atoms with Gasteiger partial charge in [0, 0.05) is 24.8 Å². The quantitative estimate of drug-likeness (QED) is 0.779. The van der Waals surface area contributed by atoms with Crippen LogP contribution >= 0.6 is 0 Å². The zero-order valence-electron chi connectivity index (χ0n) is 16.3. The third kappa shape index (κ3) is 3.77. The number of rotatable bonds is 4. The lowest BCUT2D eigenvalue weighted by Gasteiger charge is -2.22. The smallest absolute Gasteiger partial charge is 0.250 e. The maximum Gasteiger partial charge on any atom is 0.250 e. The van der Waals surface area contributed by atoms with Crippen LogP contribution in [0.1, 0.15) is 39.0 Å². The summed E-state index contributed by atoms with van der Waals surface area (Å²) in [7, 11) is 0. The summed E-state index contributed by atoms with van der Waals surface area (Å²) < 4.78 is 1.78. The molecule has 1 aromatic carbocycles. The first-order chi connectivity index (χ1) is 12.7. The van der Waals surface area contributed by atoms with Crippen molar-refractivity contribution in [1.82, 2.24) is 15.0 Å². The van der Waals surface area contributed by atoms with Crippen molar-refractivity contribution >= 4 is 23.2 Å². The standard InChI is InChI=1S/C20H25N5O2/c1-6-19(27)24(12-16-13-25(22-21-16)20(3,4)5)17-7-8-18-15(11-17)9-10-23(18)14(2)26/h6-8,11,13H,1,9-10,12H2,2-5H3. The zero-order chi connectivity index (χ0) is 19.8. The molecule has 1 aliphatic heterocycles. The minimum atomic E-state index is -0.207. The maximum atomic E-state index is 12.5. The Bertz CT molecular complexity index is 894. The summed E-state index contributed by atoms with van der Waals surface area (Å²) in [5.74, 6) is -0.180. The number of hydrogen-bond donors (Lipinski definition) is 0. The molecule has 0 spiro atoms. The Morgan fingerprint density at radius 3 is 2.67 bits per heavy atom. The van der Waals surface area contributed by atoms with E-state index in [0.29, 0.717) is 18.8 Å². The molecule has 3 rings (SSSR count). The minimum Gasteiger partial charge on any atom is -0.312 e. The van der Waals surface area contributed by atoms with Crippen molar-refractivity contribution in [2.75, 3.05) is 16.3 Å². The van der Waals surface area contributed by atoms with Gasteiger partial charge in [-0.15, -0.1) is 5.10 Å². The van der Waals surface area contributed by atoms with Crippen LogP contribution < -0.4 is 9.80 Å². The fourth-order valence-corrected chi connectivity index (χ4v) is 3.15. The minimum absolute atomic E-state index is 0.0271. The average Bonchev–Trinajstić information content (AvgIpc) is 3.24. The molecule has 2 aromatic rings. The Morgan fingerprint density at radius 1 is 1.33 bits per heavy atom. The highest BCUT2D eigenvalue weighted by atomic mass is 16.2. The Morgan fingerprint density at radius 2 is 2.07 bits per heavy atom. The monoisotopic (exact) mass is 367 g/mol. The fourth-order valence-electron chi connectivity index (χ4n) is 3.15. The molecule has 27 heavy (non-hydrogen) atoms. The molecule has 0 saturated carbocycles. The van der Waals surface area contributed by atoms with E-state index < -0.39 is 0 Å². The number of benzene rings is 1. The summed E-state index contributed by atoms with van der Waals surface area (Å²) in [5.41, 5.74) is 3.25. The van der Waals surface area contributed by atoms with Crippen LogP contribution in [0.2, 0.25) is 0 Å². The Hall–Kier alpha value is -2.96. The highest BCUT2D eigenvalue weighted by Gasteiger charge is 2.25. The van der Waals surface area contributed by atoms with Gasteiger partial charge < -0.3 is 9.80 Å². The van der Waals surface area contributed by atoms with Gasteiger partial charge in [-0.25, -0.2) is 4.68 Å². The highest BCUT2D eigenvalue weighted by molar-refractivity contribution is 6.01. The topological polar surface area (TPSA) is 71.3 Å². The second-order valence-corrected chi connectivity index (χ2v) is 7.69. The number of hydrogen-bond acceptors (Lipinski definition) is 4. The van der Waals surface area contributed by atoms with Crippen LogP contribution in [0.25, 0.3) is 0 Å². The van der Waals surface area contributed by atoms with E-state index in [-0.39, 0.29) is 17.4 Å². The second kappa shape index (κ2) is 6.98.